The number of hydrogen-bond acceptors (Lipinski definition) is 5. The van der Waals surface area contributed by atoms with Crippen molar-refractivity contribution in [2.24, 2.45) is 0 Å². The monoisotopic (exact) mass is 432 g/mol. The number of benzene rings is 2. The van der Waals surface area contributed by atoms with Crippen LogP contribution in [0.25, 0.3) is 0 Å². The maximum atomic E-state index is 13.0. The molecule has 0 aliphatic carbocycles. The van der Waals surface area contributed by atoms with Gasteiger partial charge in [-0.3, -0.25) is 4.90 Å². The van der Waals surface area contributed by atoms with Gasteiger partial charge in [0.2, 0.25) is 10.0 Å². The van der Waals surface area contributed by atoms with Crippen LogP contribution in [0, 0.1) is 6.92 Å². The van der Waals surface area contributed by atoms with Crippen LogP contribution in [0.1, 0.15) is 42.0 Å². The molecule has 7 heteroatoms. The summed E-state index contributed by atoms with van der Waals surface area (Å²) in [6, 6.07) is 11.6. The molecule has 0 aromatic heterocycles. The third-order valence-electron chi connectivity index (χ3n) is 5.41. The lowest BCUT2D eigenvalue weighted by atomic mass is 10.0. The van der Waals surface area contributed by atoms with E-state index in [1.54, 1.807) is 26.2 Å². The Balaban J connectivity index is 1.73. The second-order valence-electron chi connectivity index (χ2n) is 8.05. The van der Waals surface area contributed by atoms with Crippen LogP contribution in [0.2, 0.25) is 0 Å². The molecule has 30 heavy (non-hydrogen) atoms. The minimum absolute atomic E-state index is 0.159. The highest BCUT2D eigenvalue weighted by Crippen LogP contribution is 2.31. The first-order valence-corrected chi connectivity index (χ1v) is 11.8. The van der Waals surface area contributed by atoms with Crippen molar-refractivity contribution < 1.29 is 17.9 Å². The van der Waals surface area contributed by atoms with Gasteiger partial charge in [0.1, 0.15) is 5.75 Å². The highest BCUT2D eigenvalue weighted by molar-refractivity contribution is 7.89. The van der Waals surface area contributed by atoms with Crippen LogP contribution < -0.4 is 9.46 Å². The molecule has 3 rings (SSSR count). The molecule has 0 amide bonds. The topological polar surface area (TPSA) is 67.9 Å². The number of nitrogens with one attached hydrogen (secondary N) is 1. The molecule has 6 nitrogen and oxygen atoms in total. The van der Waals surface area contributed by atoms with Crippen LogP contribution in [0.3, 0.4) is 0 Å². The van der Waals surface area contributed by atoms with Gasteiger partial charge in [0.25, 0.3) is 0 Å². The van der Waals surface area contributed by atoms with Crippen molar-refractivity contribution in [2.45, 2.75) is 44.7 Å². The van der Waals surface area contributed by atoms with Crippen LogP contribution in [-0.4, -0.2) is 46.7 Å². The maximum Gasteiger partial charge on any atom is 0.241 e. The number of methoxy groups -OCH3 is 1. The number of rotatable bonds is 8. The lowest BCUT2D eigenvalue weighted by molar-refractivity contribution is 0.0342. The quantitative estimate of drug-likeness (QED) is 0.692. The standard InChI is InChI=1S/C23H32N2O4S/c1-17(2)21-14-23(18(3)12-22(21)28-4)30(26,27)24-15-19-6-5-7-20(13-19)16-25-8-10-29-11-9-25/h5-7,12-14,17,24H,8-11,15-16H2,1-4H3. The number of nitrogens with zero attached hydrogens (tertiary/aromatic N) is 1. The summed E-state index contributed by atoms with van der Waals surface area (Å²) in [5.74, 6) is 0.878. The normalized spacial score (nSPS) is 15.5. The summed E-state index contributed by atoms with van der Waals surface area (Å²) in [4.78, 5) is 2.65. The Morgan fingerprint density at radius 1 is 1.13 bits per heavy atom. The fraction of sp³-hybridized carbons (Fsp3) is 0.478. The van der Waals surface area contributed by atoms with E-state index in [1.807, 2.05) is 26.0 Å². The Kier molecular flexibility index (Phi) is 7.52. The molecule has 0 saturated carbocycles. The van der Waals surface area contributed by atoms with Crippen LogP contribution in [0.4, 0.5) is 0 Å². The molecule has 0 unspecified atom stereocenters. The highest BCUT2D eigenvalue weighted by Gasteiger charge is 2.21. The van der Waals surface area contributed by atoms with Crippen molar-refractivity contribution in [2.75, 3.05) is 33.4 Å². The SMILES string of the molecule is COc1cc(C)c(S(=O)(=O)NCc2cccc(CN3CCOCC3)c2)cc1C(C)C. The van der Waals surface area contributed by atoms with Gasteiger partial charge in [0.15, 0.2) is 0 Å². The Morgan fingerprint density at radius 2 is 1.83 bits per heavy atom. The summed E-state index contributed by atoms with van der Waals surface area (Å²) in [6.45, 7) is 10.3. The first-order chi connectivity index (χ1) is 14.3. The fourth-order valence-corrected chi connectivity index (χ4v) is 4.98. The van der Waals surface area contributed by atoms with E-state index in [4.69, 9.17) is 9.47 Å². The Bertz CT molecular complexity index is 967. The zero-order chi connectivity index (χ0) is 21.7. The van der Waals surface area contributed by atoms with E-state index < -0.39 is 10.0 Å². The smallest absolute Gasteiger partial charge is 0.241 e. The lowest BCUT2D eigenvalue weighted by Gasteiger charge is -2.26. The number of hydrogen-bond donors (Lipinski definition) is 1. The van der Waals surface area contributed by atoms with Crippen molar-refractivity contribution in [1.29, 1.82) is 0 Å². The summed E-state index contributed by atoms with van der Waals surface area (Å²) in [5, 5.41) is 0. The minimum Gasteiger partial charge on any atom is -0.496 e. The molecule has 1 saturated heterocycles. The molecule has 0 atom stereocenters. The molecule has 164 valence electrons. The predicted molar refractivity (Wildman–Crippen MR) is 118 cm³/mol. The molecule has 0 bridgehead atoms. The van der Waals surface area contributed by atoms with Gasteiger partial charge in [-0.2, -0.15) is 0 Å². The first-order valence-electron chi connectivity index (χ1n) is 10.4. The van der Waals surface area contributed by atoms with Gasteiger partial charge < -0.3 is 9.47 Å². The third-order valence-corrected chi connectivity index (χ3v) is 6.95. The van der Waals surface area contributed by atoms with E-state index in [0.717, 1.165) is 49.7 Å². The average molecular weight is 433 g/mol. The van der Waals surface area contributed by atoms with E-state index >= 15 is 0 Å². The maximum absolute atomic E-state index is 13.0. The first kappa shape index (κ1) is 22.7. The Morgan fingerprint density at radius 3 is 2.50 bits per heavy atom. The van der Waals surface area contributed by atoms with E-state index in [1.165, 1.54) is 5.56 Å². The molecule has 1 fully saturated rings. The molecule has 1 heterocycles. The van der Waals surface area contributed by atoms with Gasteiger partial charge in [-0.1, -0.05) is 38.1 Å². The van der Waals surface area contributed by atoms with Crippen LogP contribution in [0.15, 0.2) is 41.3 Å². The lowest BCUT2D eigenvalue weighted by Crippen LogP contribution is -2.35. The van der Waals surface area contributed by atoms with E-state index in [-0.39, 0.29) is 12.5 Å². The number of morpholine rings is 1. The van der Waals surface area contributed by atoms with Crippen LogP contribution in [0.5, 0.6) is 5.75 Å². The second kappa shape index (κ2) is 9.92. The Hall–Kier alpha value is -1.93. The van der Waals surface area contributed by atoms with Gasteiger partial charge in [-0.15, -0.1) is 0 Å². The van der Waals surface area contributed by atoms with Gasteiger partial charge in [0, 0.05) is 26.2 Å². The Labute approximate surface area is 180 Å². The van der Waals surface area contributed by atoms with Crippen molar-refractivity contribution in [1.82, 2.24) is 9.62 Å². The van der Waals surface area contributed by atoms with Gasteiger partial charge in [-0.05, 0) is 47.2 Å². The second-order valence-corrected chi connectivity index (χ2v) is 9.78. The van der Waals surface area contributed by atoms with Crippen molar-refractivity contribution in [3.8, 4) is 5.75 Å². The van der Waals surface area contributed by atoms with Crippen LogP contribution in [-0.2, 0) is 27.8 Å². The zero-order valence-electron chi connectivity index (χ0n) is 18.3. The molecule has 2 aromatic carbocycles. The van der Waals surface area contributed by atoms with E-state index in [9.17, 15) is 8.42 Å². The van der Waals surface area contributed by atoms with E-state index in [2.05, 4.69) is 21.8 Å². The summed E-state index contributed by atoms with van der Waals surface area (Å²) in [7, 11) is -2.03. The highest BCUT2D eigenvalue weighted by atomic mass is 32.2. The van der Waals surface area contributed by atoms with Crippen LogP contribution >= 0.6 is 0 Å². The molecular formula is C23H32N2O4S. The number of aryl methyl sites for hydroxylation is 1. The third kappa shape index (κ3) is 5.60. The fourth-order valence-electron chi connectivity index (χ4n) is 3.71. The molecule has 0 radical (unpaired) electrons. The summed E-state index contributed by atoms with van der Waals surface area (Å²) in [5.41, 5.74) is 3.68. The number of sulfonamides is 1. The molecule has 0 spiro atoms. The predicted octanol–water partition coefficient (Wildman–Crippen LogP) is 3.44. The van der Waals surface area contributed by atoms with Crippen molar-refractivity contribution >= 4 is 10.0 Å². The largest absolute Gasteiger partial charge is 0.496 e. The minimum atomic E-state index is -3.64. The molecular weight excluding hydrogens is 400 g/mol. The van der Waals surface area contributed by atoms with Gasteiger partial charge in [-0.25, -0.2) is 13.1 Å². The van der Waals surface area contributed by atoms with Crippen molar-refractivity contribution in [3.05, 3.63) is 58.7 Å². The zero-order valence-corrected chi connectivity index (χ0v) is 19.1. The average Bonchev–Trinajstić information content (AvgIpc) is 2.72. The van der Waals surface area contributed by atoms with Gasteiger partial charge >= 0.3 is 0 Å². The molecule has 1 N–H and O–H groups in total. The molecule has 1 aliphatic rings. The molecule has 2 aromatic rings. The number of ether oxygens (including phenoxy) is 2. The van der Waals surface area contributed by atoms with Gasteiger partial charge in [0.05, 0.1) is 25.2 Å². The van der Waals surface area contributed by atoms with Crippen molar-refractivity contribution in [3.63, 3.8) is 0 Å². The van der Waals surface area contributed by atoms with E-state index in [0.29, 0.717) is 10.5 Å². The summed E-state index contributed by atoms with van der Waals surface area (Å²) < 4.78 is 39.7. The molecule has 1 aliphatic heterocycles. The summed E-state index contributed by atoms with van der Waals surface area (Å²) >= 11 is 0. The summed E-state index contributed by atoms with van der Waals surface area (Å²) in [6.07, 6.45) is 0.